The first-order valence-corrected chi connectivity index (χ1v) is 4.66. The third-order valence-electron chi connectivity index (χ3n) is 1.63. The third-order valence-corrected chi connectivity index (χ3v) is 3.24. The zero-order valence-electron chi connectivity index (χ0n) is 6.61. The Bertz CT molecular complexity index is 410. The van der Waals surface area contributed by atoms with Crippen molar-refractivity contribution in [1.29, 1.82) is 0 Å². The zero-order valence-corrected chi connectivity index (χ0v) is 7.42. The monoisotopic (exact) mass is 256 g/mol. The van der Waals surface area contributed by atoms with Crippen molar-refractivity contribution in [1.82, 2.24) is 0 Å². The van der Waals surface area contributed by atoms with Gasteiger partial charge >= 0.3 is 27.3 Å². The van der Waals surface area contributed by atoms with E-state index in [0.29, 0.717) is 0 Å². The van der Waals surface area contributed by atoms with Crippen LogP contribution in [0.25, 0.3) is 0 Å². The van der Waals surface area contributed by atoms with E-state index >= 15 is 0 Å². The third kappa shape index (κ3) is 1.61. The van der Waals surface area contributed by atoms with Crippen LogP contribution in [0.1, 0.15) is 6.42 Å². The molecule has 1 aliphatic rings. The van der Waals surface area contributed by atoms with Crippen LogP contribution >= 0.6 is 0 Å². The van der Waals surface area contributed by atoms with Crippen molar-refractivity contribution in [2.24, 2.45) is 0 Å². The van der Waals surface area contributed by atoms with Gasteiger partial charge in [0.25, 0.3) is 0 Å². The molecule has 1 atom stereocenters. The molecule has 0 aromatic heterocycles. The molecule has 1 unspecified atom stereocenters. The Kier molecular flexibility index (Phi) is 2.55. The molecule has 15 heavy (non-hydrogen) atoms. The quantitative estimate of drug-likeness (QED) is 0.561. The van der Waals surface area contributed by atoms with Gasteiger partial charge in [0.2, 0.25) is 0 Å². The minimum absolute atomic E-state index is 2.29. The van der Waals surface area contributed by atoms with Crippen LogP contribution in [0.2, 0.25) is 0 Å². The van der Waals surface area contributed by atoms with Gasteiger partial charge in [0.05, 0.1) is 6.42 Å². The molecule has 10 heteroatoms. The predicted octanol–water partition coefficient (Wildman–Crippen LogP) is 2.07. The Labute approximate surface area is 79.4 Å². The van der Waals surface area contributed by atoms with Crippen LogP contribution in [0.5, 0.6) is 0 Å². The molecular formula is C5H2F6O3S. The van der Waals surface area contributed by atoms with E-state index in [2.05, 4.69) is 4.18 Å². The summed E-state index contributed by atoms with van der Waals surface area (Å²) in [6.45, 7) is 0. The van der Waals surface area contributed by atoms with Crippen LogP contribution in [0.3, 0.4) is 0 Å². The number of rotatable bonds is 2. The molecule has 0 saturated carbocycles. The molecule has 0 amide bonds. The second-order valence-corrected chi connectivity index (χ2v) is 4.35. The molecule has 0 bridgehead atoms. The van der Waals surface area contributed by atoms with Crippen molar-refractivity contribution in [3.63, 3.8) is 0 Å². The normalized spacial score (nSPS) is 31.9. The maximum absolute atomic E-state index is 13.0. The number of allylic oxidation sites excluding steroid dienone is 1. The molecule has 88 valence electrons. The van der Waals surface area contributed by atoms with Gasteiger partial charge in [-0.25, -0.2) is 8.78 Å². The van der Waals surface area contributed by atoms with Gasteiger partial charge in [-0.1, -0.05) is 0 Å². The van der Waals surface area contributed by atoms with E-state index < -0.39 is 39.6 Å². The average molecular weight is 256 g/mol. The number of alkyl halides is 3. The number of hydrogen-bond acceptors (Lipinski definition) is 3. The minimum Gasteiger partial charge on any atom is -0.213 e. The lowest BCUT2D eigenvalue weighted by molar-refractivity contribution is -0.275. The van der Waals surface area contributed by atoms with Crippen molar-refractivity contribution in [2.45, 2.75) is 17.5 Å². The summed E-state index contributed by atoms with van der Waals surface area (Å²) < 4.78 is 96.4. The second kappa shape index (κ2) is 3.11. The van der Waals surface area contributed by atoms with Crippen LogP contribution in [0.15, 0.2) is 11.9 Å². The molecule has 0 N–H and O–H groups in total. The Morgan fingerprint density at radius 3 is 1.87 bits per heavy atom. The molecule has 0 radical (unpaired) electrons. The number of hydrogen-bond donors (Lipinski definition) is 0. The summed E-state index contributed by atoms with van der Waals surface area (Å²) in [5, 5.41) is -4.48. The van der Waals surface area contributed by atoms with E-state index in [1.807, 2.05) is 0 Å². The lowest BCUT2D eigenvalue weighted by atomic mass is 10.2. The number of halogens is 6. The lowest BCUT2D eigenvalue weighted by Gasteiger charge is -2.39. The van der Waals surface area contributed by atoms with Gasteiger partial charge in [-0.05, 0) is 0 Å². The summed E-state index contributed by atoms with van der Waals surface area (Å²) >= 11 is 0. The second-order valence-electron chi connectivity index (χ2n) is 2.62. The Hall–Kier alpha value is -0.770. The van der Waals surface area contributed by atoms with Crippen LogP contribution in [0, 0.1) is 0 Å². The van der Waals surface area contributed by atoms with Crippen molar-refractivity contribution < 1.29 is 38.9 Å². The highest BCUT2D eigenvalue weighted by atomic mass is 32.2. The topological polar surface area (TPSA) is 43.4 Å². The van der Waals surface area contributed by atoms with E-state index in [0.717, 1.165) is 0 Å². The molecule has 1 aliphatic heterocycles. The highest BCUT2D eigenvalue weighted by Gasteiger charge is 2.78. The summed E-state index contributed by atoms with van der Waals surface area (Å²) in [5.74, 6) is -2.57. The van der Waals surface area contributed by atoms with Crippen molar-refractivity contribution in [2.75, 3.05) is 0 Å². The molecule has 0 aromatic rings. The molecule has 0 spiro atoms. The first kappa shape index (κ1) is 12.3. The summed E-state index contributed by atoms with van der Waals surface area (Å²) in [6.07, 6.45) is -10.2. The Balaban J connectivity index is 3.07. The SMILES string of the molecule is O=S1(=O)OC(F)(F)C1(F)CC(F)=C(F)F. The summed E-state index contributed by atoms with van der Waals surface area (Å²) in [5.41, 5.74) is 0. The molecule has 1 heterocycles. The van der Waals surface area contributed by atoms with Gasteiger partial charge in [0.1, 0.15) is 0 Å². The van der Waals surface area contributed by atoms with Gasteiger partial charge in [-0.3, -0.25) is 0 Å². The highest BCUT2D eigenvalue weighted by molar-refractivity contribution is 7.89. The van der Waals surface area contributed by atoms with E-state index in [-0.39, 0.29) is 0 Å². The van der Waals surface area contributed by atoms with Crippen LogP contribution in [0.4, 0.5) is 26.3 Å². The first-order chi connectivity index (χ1) is 6.53. The standard InChI is InChI=1S/C5H2F6O3S/c6-2(3(7)8)1-4(9)5(10,11)14-15(4,12)13/h1H2. The average Bonchev–Trinajstić information content (AvgIpc) is 2.01. The van der Waals surface area contributed by atoms with Gasteiger partial charge in [-0.2, -0.15) is 30.2 Å². The Morgan fingerprint density at radius 1 is 1.13 bits per heavy atom. The van der Waals surface area contributed by atoms with E-state index in [9.17, 15) is 34.8 Å². The first-order valence-electron chi connectivity index (χ1n) is 3.25. The fourth-order valence-electron chi connectivity index (χ4n) is 0.835. The fraction of sp³-hybridized carbons (Fsp3) is 0.600. The summed E-state index contributed by atoms with van der Waals surface area (Å²) in [4.78, 5) is 0. The summed E-state index contributed by atoms with van der Waals surface area (Å²) in [6, 6.07) is 0. The van der Waals surface area contributed by atoms with Crippen LogP contribution in [-0.2, 0) is 14.3 Å². The van der Waals surface area contributed by atoms with Gasteiger partial charge in [0, 0.05) is 0 Å². The fourth-order valence-corrected chi connectivity index (χ4v) is 1.89. The van der Waals surface area contributed by atoms with Crippen molar-refractivity contribution >= 4 is 10.1 Å². The van der Waals surface area contributed by atoms with Crippen molar-refractivity contribution in [3.8, 4) is 0 Å². The van der Waals surface area contributed by atoms with E-state index in [1.54, 1.807) is 0 Å². The maximum atomic E-state index is 13.0. The molecule has 3 nitrogen and oxygen atoms in total. The smallest absolute Gasteiger partial charge is 0.213 e. The summed E-state index contributed by atoms with van der Waals surface area (Å²) in [7, 11) is -5.38. The van der Waals surface area contributed by atoms with Gasteiger partial charge in [-0.15, -0.1) is 0 Å². The molecule has 1 fully saturated rings. The van der Waals surface area contributed by atoms with Crippen LogP contribution < -0.4 is 0 Å². The highest BCUT2D eigenvalue weighted by Crippen LogP contribution is 2.53. The van der Waals surface area contributed by atoms with E-state index in [1.165, 1.54) is 0 Å². The molecule has 0 aromatic carbocycles. The minimum atomic E-state index is -5.38. The van der Waals surface area contributed by atoms with Gasteiger partial charge < -0.3 is 0 Å². The molecule has 1 rings (SSSR count). The zero-order chi connectivity index (χ0) is 12.1. The Morgan fingerprint density at radius 2 is 1.60 bits per heavy atom. The van der Waals surface area contributed by atoms with Gasteiger partial charge in [0.15, 0.2) is 5.83 Å². The van der Waals surface area contributed by atoms with Crippen molar-refractivity contribution in [3.05, 3.63) is 11.9 Å². The van der Waals surface area contributed by atoms with Crippen LogP contribution in [-0.4, -0.2) is 19.5 Å². The predicted molar refractivity (Wildman–Crippen MR) is 33.8 cm³/mol. The van der Waals surface area contributed by atoms with E-state index in [4.69, 9.17) is 0 Å². The molecular weight excluding hydrogens is 254 g/mol. The largest absolute Gasteiger partial charge is 0.420 e. The lowest BCUT2D eigenvalue weighted by Crippen LogP contribution is -2.64. The molecule has 1 saturated heterocycles. The maximum Gasteiger partial charge on any atom is 0.420 e. The molecule has 0 aliphatic carbocycles.